The van der Waals surface area contributed by atoms with Crippen molar-refractivity contribution < 1.29 is 4.92 Å². The monoisotopic (exact) mass is 297 g/mol. The molecule has 1 aliphatic heterocycles. The van der Waals surface area contributed by atoms with Crippen LogP contribution in [0.3, 0.4) is 0 Å². The molecule has 0 bridgehead atoms. The largest absolute Gasteiger partial charge is 0.379 e. The lowest BCUT2D eigenvalue weighted by atomic mass is 10.1. The van der Waals surface area contributed by atoms with Crippen molar-refractivity contribution >= 4 is 23.0 Å². The fraction of sp³-hybridized carbons (Fsp3) is 0.571. The van der Waals surface area contributed by atoms with Crippen LogP contribution in [0.5, 0.6) is 0 Å². The zero-order valence-corrected chi connectivity index (χ0v) is 12.6. The first-order chi connectivity index (χ1) is 9.49. The van der Waals surface area contributed by atoms with Crippen LogP contribution in [0.2, 0.25) is 5.02 Å². The van der Waals surface area contributed by atoms with Crippen molar-refractivity contribution in [3.8, 4) is 0 Å². The zero-order valence-electron chi connectivity index (χ0n) is 11.8. The van der Waals surface area contributed by atoms with Gasteiger partial charge in [-0.2, -0.15) is 0 Å². The standard InChI is InChI=1S/C14H20ClN3O2/c1-10(2)17-7-6-11(9-17)8-16-13-5-3-4-12(15)14(13)18(19)20/h3-5,10-11,16H,6-9H2,1-2H3. The van der Waals surface area contributed by atoms with Crippen molar-refractivity contribution in [2.24, 2.45) is 5.92 Å². The van der Waals surface area contributed by atoms with Crippen LogP contribution in [0.25, 0.3) is 0 Å². The third-order valence-corrected chi connectivity index (χ3v) is 4.10. The van der Waals surface area contributed by atoms with Crippen molar-refractivity contribution in [1.82, 2.24) is 4.90 Å². The minimum absolute atomic E-state index is 0.0344. The second-order valence-corrected chi connectivity index (χ2v) is 5.92. The predicted molar refractivity (Wildman–Crippen MR) is 81.4 cm³/mol. The molecule has 20 heavy (non-hydrogen) atoms. The Balaban J connectivity index is 1.98. The van der Waals surface area contributed by atoms with E-state index in [0.29, 0.717) is 17.6 Å². The molecule has 5 nitrogen and oxygen atoms in total. The maximum absolute atomic E-state index is 11.1. The van der Waals surface area contributed by atoms with E-state index in [2.05, 4.69) is 24.1 Å². The average molecular weight is 298 g/mol. The van der Waals surface area contributed by atoms with Crippen LogP contribution < -0.4 is 5.32 Å². The van der Waals surface area contributed by atoms with Crippen LogP contribution in [0.1, 0.15) is 20.3 Å². The highest BCUT2D eigenvalue weighted by Gasteiger charge is 2.25. The summed E-state index contributed by atoms with van der Waals surface area (Å²) in [4.78, 5) is 13.1. The number of anilines is 1. The van der Waals surface area contributed by atoms with Crippen molar-refractivity contribution in [2.45, 2.75) is 26.3 Å². The molecular weight excluding hydrogens is 278 g/mol. The minimum Gasteiger partial charge on any atom is -0.379 e. The van der Waals surface area contributed by atoms with Gasteiger partial charge in [-0.25, -0.2) is 0 Å². The van der Waals surface area contributed by atoms with E-state index in [1.54, 1.807) is 18.2 Å². The van der Waals surface area contributed by atoms with Crippen molar-refractivity contribution in [3.05, 3.63) is 33.3 Å². The summed E-state index contributed by atoms with van der Waals surface area (Å²) in [6, 6.07) is 5.54. The van der Waals surface area contributed by atoms with Crippen molar-refractivity contribution in [2.75, 3.05) is 25.0 Å². The van der Waals surface area contributed by atoms with Gasteiger partial charge in [0.15, 0.2) is 0 Å². The highest BCUT2D eigenvalue weighted by atomic mass is 35.5. The van der Waals surface area contributed by atoms with Crippen LogP contribution in [0.4, 0.5) is 11.4 Å². The van der Waals surface area contributed by atoms with Gasteiger partial charge in [0.05, 0.1) is 4.92 Å². The summed E-state index contributed by atoms with van der Waals surface area (Å²) in [7, 11) is 0. The minimum atomic E-state index is -0.431. The number of benzene rings is 1. The highest BCUT2D eigenvalue weighted by Crippen LogP contribution is 2.32. The Morgan fingerprint density at radius 3 is 2.90 bits per heavy atom. The van der Waals surface area contributed by atoms with Gasteiger partial charge >= 0.3 is 5.69 Å². The Kier molecular flexibility index (Phi) is 4.83. The van der Waals surface area contributed by atoms with Gasteiger partial charge < -0.3 is 10.2 Å². The van der Waals surface area contributed by atoms with E-state index in [0.717, 1.165) is 26.1 Å². The lowest BCUT2D eigenvalue weighted by Gasteiger charge is -2.20. The Bertz CT molecular complexity index is 493. The van der Waals surface area contributed by atoms with E-state index in [4.69, 9.17) is 11.6 Å². The fourth-order valence-corrected chi connectivity index (χ4v) is 2.84. The van der Waals surface area contributed by atoms with E-state index in [-0.39, 0.29) is 10.7 Å². The maximum Gasteiger partial charge on any atom is 0.310 e. The molecule has 1 unspecified atom stereocenters. The van der Waals surface area contributed by atoms with E-state index >= 15 is 0 Å². The molecular formula is C14H20ClN3O2. The van der Waals surface area contributed by atoms with Crippen LogP contribution in [0, 0.1) is 16.0 Å². The van der Waals surface area contributed by atoms with Gasteiger partial charge in [0.2, 0.25) is 0 Å². The molecule has 0 aliphatic carbocycles. The molecule has 1 atom stereocenters. The molecule has 0 spiro atoms. The van der Waals surface area contributed by atoms with Crippen molar-refractivity contribution in [3.63, 3.8) is 0 Å². The number of likely N-dealkylation sites (tertiary alicyclic amines) is 1. The smallest absolute Gasteiger partial charge is 0.310 e. The molecule has 1 aliphatic rings. The number of rotatable bonds is 5. The fourth-order valence-electron chi connectivity index (χ4n) is 2.60. The van der Waals surface area contributed by atoms with Gasteiger partial charge in [0.25, 0.3) is 0 Å². The Labute approximate surface area is 124 Å². The lowest BCUT2D eigenvalue weighted by Crippen LogP contribution is -2.29. The highest BCUT2D eigenvalue weighted by molar-refractivity contribution is 6.33. The number of halogens is 1. The normalized spacial score (nSPS) is 19.5. The lowest BCUT2D eigenvalue weighted by molar-refractivity contribution is -0.383. The number of hydrogen-bond donors (Lipinski definition) is 1. The maximum atomic E-state index is 11.1. The SMILES string of the molecule is CC(C)N1CCC(CNc2cccc(Cl)c2[N+](=O)[O-])C1. The summed E-state index contributed by atoms with van der Waals surface area (Å²) in [6.07, 6.45) is 1.12. The molecule has 0 saturated carbocycles. The molecule has 1 aromatic carbocycles. The van der Waals surface area contributed by atoms with Gasteiger partial charge in [0.1, 0.15) is 10.7 Å². The second kappa shape index (κ2) is 6.41. The molecule has 1 saturated heterocycles. The van der Waals surface area contributed by atoms with Crippen molar-refractivity contribution in [1.29, 1.82) is 0 Å². The molecule has 1 fully saturated rings. The van der Waals surface area contributed by atoms with Gasteiger partial charge in [0, 0.05) is 19.1 Å². The molecule has 110 valence electrons. The first kappa shape index (κ1) is 15.1. The third kappa shape index (κ3) is 3.41. The average Bonchev–Trinajstić information content (AvgIpc) is 2.84. The number of para-hydroxylation sites is 1. The van der Waals surface area contributed by atoms with E-state index in [1.165, 1.54) is 0 Å². The summed E-state index contributed by atoms with van der Waals surface area (Å²) >= 11 is 5.89. The Hall–Kier alpha value is -1.33. The second-order valence-electron chi connectivity index (χ2n) is 5.52. The third-order valence-electron chi connectivity index (χ3n) is 3.80. The van der Waals surface area contributed by atoms with Gasteiger partial charge in [-0.15, -0.1) is 0 Å². The number of nitro benzene ring substituents is 1. The number of hydrogen-bond acceptors (Lipinski definition) is 4. The molecule has 0 aromatic heterocycles. The van der Waals surface area contributed by atoms with E-state index < -0.39 is 4.92 Å². The Morgan fingerprint density at radius 1 is 1.55 bits per heavy atom. The van der Waals surface area contributed by atoms with Gasteiger partial charge in [-0.05, 0) is 44.9 Å². The topological polar surface area (TPSA) is 58.4 Å². The molecule has 1 aromatic rings. The zero-order chi connectivity index (χ0) is 14.7. The van der Waals surface area contributed by atoms with Gasteiger partial charge in [-0.3, -0.25) is 10.1 Å². The molecule has 1 N–H and O–H groups in total. The first-order valence-electron chi connectivity index (χ1n) is 6.90. The van der Waals surface area contributed by atoms with Gasteiger partial charge in [-0.1, -0.05) is 17.7 Å². The molecule has 0 radical (unpaired) electrons. The summed E-state index contributed by atoms with van der Waals surface area (Å²) in [5.41, 5.74) is 0.471. The summed E-state index contributed by atoms with van der Waals surface area (Å²) in [5.74, 6) is 0.524. The summed E-state index contributed by atoms with van der Waals surface area (Å²) in [6.45, 7) is 7.26. The van der Waals surface area contributed by atoms with Crippen LogP contribution in [-0.2, 0) is 0 Å². The molecule has 0 amide bonds. The number of nitrogens with one attached hydrogen (secondary N) is 1. The van der Waals surface area contributed by atoms with E-state index in [1.807, 2.05) is 0 Å². The quantitative estimate of drug-likeness (QED) is 0.668. The van der Waals surface area contributed by atoms with E-state index in [9.17, 15) is 10.1 Å². The number of nitro groups is 1. The predicted octanol–water partition coefficient (Wildman–Crippen LogP) is 3.39. The Morgan fingerprint density at radius 2 is 2.30 bits per heavy atom. The molecule has 2 rings (SSSR count). The molecule has 6 heteroatoms. The molecule has 1 heterocycles. The van der Waals surface area contributed by atoms with Crippen LogP contribution in [0.15, 0.2) is 18.2 Å². The van der Waals surface area contributed by atoms with Crippen LogP contribution in [-0.4, -0.2) is 35.5 Å². The summed E-state index contributed by atoms with van der Waals surface area (Å²) in [5, 5.41) is 14.4. The summed E-state index contributed by atoms with van der Waals surface area (Å²) < 4.78 is 0. The number of nitrogens with zero attached hydrogens (tertiary/aromatic N) is 2. The van der Waals surface area contributed by atoms with Crippen LogP contribution >= 0.6 is 11.6 Å². The first-order valence-corrected chi connectivity index (χ1v) is 7.27.